The number of alkyl halides is 6. The third-order valence-corrected chi connectivity index (χ3v) is 5.64. The number of carbonyl (C=O) groups excluding carboxylic acids is 2. The van der Waals surface area contributed by atoms with Crippen LogP contribution in [0.3, 0.4) is 0 Å². The molecule has 0 aliphatic heterocycles. The van der Waals surface area contributed by atoms with E-state index in [1.165, 1.54) is 0 Å². The Hall–Kier alpha value is -1.17. The molecule has 0 radical (unpaired) electrons. The number of amides is 2. The van der Waals surface area contributed by atoms with Gasteiger partial charge in [-0.05, 0) is 0 Å². The van der Waals surface area contributed by atoms with Gasteiger partial charge in [0.1, 0.15) is 0 Å². The third kappa shape index (κ3) is 11.4. The van der Waals surface area contributed by atoms with Gasteiger partial charge >= 0.3 is 144 Å². The van der Waals surface area contributed by atoms with Crippen LogP contribution in [0.25, 0.3) is 0 Å². The topological polar surface area (TPSA) is 119 Å². The van der Waals surface area contributed by atoms with Gasteiger partial charge in [-0.2, -0.15) is 0 Å². The van der Waals surface area contributed by atoms with E-state index in [1.54, 1.807) is 10.6 Å². The summed E-state index contributed by atoms with van der Waals surface area (Å²) >= 11 is 0. The van der Waals surface area contributed by atoms with Gasteiger partial charge in [0, 0.05) is 0 Å². The van der Waals surface area contributed by atoms with Crippen LogP contribution in [0.15, 0.2) is 0 Å². The fraction of sp³-hybridized carbons (Fsp3) is 0.833. The molecule has 5 N–H and O–H groups in total. The molecule has 14 heteroatoms. The molecule has 0 bridgehead atoms. The molecular formula is C12H21F6N2O5P. The molecule has 0 heterocycles. The van der Waals surface area contributed by atoms with E-state index in [0.717, 1.165) is 0 Å². The van der Waals surface area contributed by atoms with Gasteiger partial charge in [-0.15, -0.1) is 0 Å². The summed E-state index contributed by atoms with van der Waals surface area (Å²) in [7, 11) is -5.07. The summed E-state index contributed by atoms with van der Waals surface area (Å²) in [5.74, 6) is -4.26. The van der Waals surface area contributed by atoms with E-state index in [-0.39, 0.29) is 38.8 Å². The van der Waals surface area contributed by atoms with E-state index in [2.05, 4.69) is 0 Å². The first kappa shape index (κ1) is 24.8. The van der Waals surface area contributed by atoms with Crippen LogP contribution in [0, 0.1) is 0 Å². The molecule has 0 atom stereocenters. The van der Waals surface area contributed by atoms with Gasteiger partial charge in [-0.1, -0.05) is 0 Å². The van der Waals surface area contributed by atoms with Gasteiger partial charge in [0.05, 0.1) is 0 Å². The molecule has 0 saturated heterocycles. The molecule has 156 valence electrons. The second-order valence-corrected chi connectivity index (χ2v) is 9.28. The predicted octanol–water partition coefficient (Wildman–Crippen LogP) is 1.18. The average molecular weight is 418 g/mol. The number of hydrogen-bond donors (Lipinski definition) is 5. The third-order valence-electron chi connectivity index (χ3n) is 3.17. The second-order valence-electron chi connectivity index (χ2n) is 5.71. The van der Waals surface area contributed by atoms with E-state index in [4.69, 9.17) is 0 Å². The van der Waals surface area contributed by atoms with Crippen molar-refractivity contribution in [2.75, 3.05) is 25.4 Å². The fourth-order valence-corrected chi connectivity index (χ4v) is 3.80. The van der Waals surface area contributed by atoms with Crippen molar-refractivity contribution in [2.24, 2.45) is 0 Å². The molecule has 0 aliphatic rings. The van der Waals surface area contributed by atoms with Gasteiger partial charge in [-0.25, -0.2) is 0 Å². The zero-order valence-electron chi connectivity index (χ0n) is 13.5. The van der Waals surface area contributed by atoms with E-state index >= 15 is 0 Å². The second kappa shape index (κ2) is 9.16. The monoisotopic (exact) mass is 418 g/mol. The van der Waals surface area contributed by atoms with E-state index in [0.29, 0.717) is 0 Å². The summed E-state index contributed by atoms with van der Waals surface area (Å²) in [5.41, 5.74) is 0. The molecule has 0 unspecified atom stereocenters. The molecule has 0 aromatic rings. The first-order chi connectivity index (χ1) is 11.5. The standard InChI is InChI=1S/C12H21F6N2O5P/c13-11(14,15)9(21)19-5-1-3-7-26(23,24,25)8-4-2-6-20-10(22)12(16,17)18/h23-25H,1-8H2,(H,19,21)(H,20,22). The SMILES string of the molecule is O=C(NCCCCP(O)(O)(O)CCCCNC(=O)C(F)(F)F)C(F)(F)F. The Kier molecular flexibility index (Phi) is 8.74. The molecule has 0 aromatic carbocycles. The number of unbranched alkanes of at least 4 members (excludes halogenated alkanes) is 2. The molecule has 0 aliphatic carbocycles. The van der Waals surface area contributed by atoms with Gasteiger partial charge in [-0.3, -0.25) is 0 Å². The summed E-state index contributed by atoms with van der Waals surface area (Å²) in [4.78, 5) is 50.3. The van der Waals surface area contributed by atoms with Crippen LogP contribution in [-0.2, 0) is 9.59 Å². The van der Waals surface area contributed by atoms with Crippen molar-refractivity contribution in [1.82, 2.24) is 10.6 Å². The number of carbonyl (C=O) groups is 2. The van der Waals surface area contributed by atoms with E-state index in [1.807, 2.05) is 0 Å². The van der Waals surface area contributed by atoms with Gasteiger partial charge in [0.25, 0.3) is 0 Å². The Labute approximate surface area is 144 Å². The number of halogens is 6. The molecule has 0 aromatic heterocycles. The molecule has 0 spiro atoms. The Balaban J connectivity index is 4.01. The number of hydrogen-bond acceptors (Lipinski definition) is 5. The minimum absolute atomic E-state index is 0.0525. The first-order valence-corrected chi connectivity index (χ1v) is 9.95. The zero-order valence-corrected chi connectivity index (χ0v) is 14.4. The molecule has 0 saturated carbocycles. The van der Waals surface area contributed by atoms with Crippen molar-refractivity contribution in [2.45, 2.75) is 38.0 Å². The van der Waals surface area contributed by atoms with Crippen molar-refractivity contribution in [3.05, 3.63) is 0 Å². The molecule has 0 rings (SSSR count). The quantitative estimate of drug-likeness (QED) is 0.207. The summed E-state index contributed by atoms with van der Waals surface area (Å²) in [5, 5.41) is 3.16. The van der Waals surface area contributed by atoms with Crippen molar-refractivity contribution >= 4 is 19.1 Å². The predicted molar refractivity (Wildman–Crippen MR) is 79.9 cm³/mol. The summed E-state index contributed by atoms with van der Waals surface area (Å²) in [6.45, 7) is -0.761. The van der Waals surface area contributed by atoms with E-state index in [9.17, 15) is 50.6 Å². The Morgan fingerprint density at radius 2 is 1.00 bits per heavy atom. The van der Waals surface area contributed by atoms with Gasteiger partial charge in [0.15, 0.2) is 0 Å². The summed E-state index contributed by atoms with van der Waals surface area (Å²) in [6.07, 6.45) is -11.4. The van der Waals surface area contributed by atoms with Crippen LogP contribution in [0.2, 0.25) is 0 Å². The van der Waals surface area contributed by atoms with Crippen molar-refractivity contribution < 1.29 is 50.6 Å². The molecule has 7 nitrogen and oxygen atoms in total. The Morgan fingerprint density at radius 1 is 0.692 bits per heavy atom. The van der Waals surface area contributed by atoms with Crippen molar-refractivity contribution in [1.29, 1.82) is 0 Å². The number of rotatable bonds is 10. The normalized spacial score (nSPS) is 14.4. The average Bonchev–Trinajstić information content (AvgIpc) is 2.43. The Bertz CT molecular complexity index is 449. The van der Waals surface area contributed by atoms with Crippen LogP contribution in [0.1, 0.15) is 25.7 Å². The minimum atomic E-state index is -5.07. The molecule has 26 heavy (non-hydrogen) atoms. The summed E-state index contributed by atoms with van der Waals surface area (Å²) in [6, 6.07) is 0. The maximum atomic E-state index is 11.9. The molecule has 2 amide bonds. The van der Waals surface area contributed by atoms with Gasteiger partial charge in [0.2, 0.25) is 0 Å². The van der Waals surface area contributed by atoms with Crippen LogP contribution in [-0.4, -0.2) is 64.3 Å². The Morgan fingerprint density at radius 3 is 1.27 bits per heavy atom. The van der Waals surface area contributed by atoms with Crippen LogP contribution < -0.4 is 10.6 Å². The van der Waals surface area contributed by atoms with Crippen molar-refractivity contribution in [3.63, 3.8) is 0 Å². The number of nitrogens with one attached hydrogen (secondary N) is 2. The van der Waals surface area contributed by atoms with Gasteiger partial charge < -0.3 is 0 Å². The molecule has 0 fully saturated rings. The van der Waals surface area contributed by atoms with Crippen LogP contribution in [0.4, 0.5) is 26.3 Å². The first-order valence-electron chi connectivity index (χ1n) is 7.48. The zero-order chi connectivity index (χ0) is 20.7. The van der Waals surface area contributed by atoms with Crippen molar-refractivity contribution in [3.8, 4) is 0 Å². The maximum absolute atomic E-state index is 11.9. The molecular weight excluding hydrogens is 397 g/mol. The van der Waals surface area contributed by atoms with Crippen LogP contribution >= 0.6 is 7.28 Å². The van der Waals surface area contributed by atoms with Crippen LogP contribution in [0.5, 0.6) is 0 Å². The van der Waals surface area contributed by atoms with E-state index < -0.39 is 43.8 Å². The fourth-order valence-electron chi connectivity index (χ4n) is 1.84. The summed E-state index contributed by atoms with van der Waals surface area (Å²) < 4.78 is 71.5.